The molecule has 1 fully saturated rings. The molecule has 0 spiro atoms. The van der Waals surface area contributed by atoms with E-state index in [1.807, 2.05) is 6.07 Å². The molecule has 0 saturated carbocycles. The second-order valence-corrected chi connectivity index (χ2v) is 8.79. The summed E-state index contributed by atoms with van der Waals surface area (Å²) in [6.45, 7) is 4.75. The van der Waals surface area contributed by atoms with Crippen molar-refractivity contribution < 1.29 is 13.2 Å². The lowest BCUT2D eigenvalue weighted by molar-refractivity contribution is 0.156. The van der Waals surface area contributed by atoms with Crippen LogP contribution in [0.1, 0.15) is 24.0 Å². The van der Waals surface area contributed by atoms with Gasteiger partial charge >= 0.3 is 0 Å². The monoisotopic (exact) mass is 372 g/mol. The maximum Gasteiger partial charge on any atom is 0.244 e. The summed E-state index contributed by atoms with van der Waals surface area (Å²) in [5.74, 6) is 0.458. The van der Waals surface area contributed by atoms with Gasteiger partial charge in [-0.1, -0.05) is 36.4 Å². The molecule has 2 aromatic rings. The molecule has 0 radical (unpaired) electrons. The van der Waals surface area contributed by atoms with Crippen molar-refractivity contribution in [1.82, 2.24) is 9.62 Å². The standard InChI is InChI=1S/C20H24N2O3S/c1-15-6-2-3-7-16(15)14-22-12-10-17-18(11-13-22)25-19-8-4-5-9-20(19)26(23,24)21-17/h2-9,17-18,21H,10-14H2,1H3/t17-,18-/m0/s1. The van der Waals surface area contributed by atoms with Crippen molar-refractivity contribution in [3.05, 3.63) is 59.7 Å². The van der Waals surface area contributed by atoms with E-state index in [4.69, 9.17) is 4.74 Å². The van der Waals surface area contributed by atoms with Crippen LogP contribution >= 0.6 is 0 Å². The number of benzene rings is 2. The molecule has 0 bridgehead atoms. The van der Waals surface area contributed by atoms with E-state index in [2.05, 4.69) is 40.8 Å². The average molecular weight is 372 g/mol. The largest absolute Gasteiger partial charge is 0.487 e. The fourth-order valence-electron chi connectivity index (χ4n) is 3.79. The van der Waals surface area contributed by atoms with Crippen molar-refractivity contribution in [2.24, 2.45) is 0 Å². The molecule has 0 aliphatic carbocycles. The number of hydrogen-bond donors (Lipinski definition) is 1. The fourth-order valence-corrected chi connectivity index (χ4v) is 5.22. The van der Waals surface area contributed by atoms with Gasteiger partial charge in [-0.25, -0.2) is 13.1 Å². The first-order valence-electron chi connectivity index (χ1n) is 9.08. The van der Waals surface area contributed by atoms with E-state index >= 15 is 0 Å². The van der Waals surface area contributed by atoms with Gasteiger partial charge in [0, 0.05) is 19.6 Å². The third kappa shape index (κ3) is 3.49. The van der Waals surface area contributed by atoms with E-state index in [-0.39, 0.29) is 17.0 Å². The number of fused-ring (bicyclic) bond motifs is 2. The highest BCUT2D eigenvalue weighted by atomic mass is 32.2. The normalized spacial score (nSPS) is 25.3. The first-order chi connectivity index (χ1) is 12.5. The Morgan fingerprint density at radius 1 is 1.08 bits per heavy atom. The topological polar surface area (TPSA) is 58.6 Å². The van der Waals surface area contributed by atoms with Crippen LogP contribution in [0.4, 0.5) is 0 Å². The zero-order valence-corrected chi connectivity index (χ0v) is 15.7. The highest BCUT2D eigenvalue weighted by Gasteiger charge is 2.36. The third-order valence-corrected chi connectivity index (χ3v) is 6.84. The molecule has 138 valence electrons. The van der Waals surface area contributed by atoms with Gasteiger partial charge in [-0.15, -0.1) is 0 Å². The summed E-state index contributed by atoms with van der Waals surface area (Å²) in [6, 6.07) is 15.1. The summed E-state index contributed by atoms with van der Waals surface area (Å²) >= 11 is 0. The van der Waals surface area contributed by atoms with Gasteiger partial charge in [-0.3, -0.25) is 4.90 Å². The predicted molar refractivity (Wildman–Crippen MR) is 101 cm³/mol. The highest BCUT2D eigenvalue weighted by Crippen LogP contribution is 2.31. The number of sulfonamides is 1. The molecule has 2 aliphatic heterocycles. The van der Waals surface area contributed by atoms with Crippen molar-refractivity contribution in [2.45, 2.75) is 43.4 Å². The van der Waals surface area contributed by atoms with Crippen LogP contribution in [-0.2, 0) is 16.6 Å². The molecule has 0 amide bonds. The zero-order chi connectivity index (χ0) is 18.1. The van der Waals surface area contributed by atoms with E-state index in [1.165, 1.54) is 11.1 Å². The molecular formula is C20H24N2O3S. The van der Waals surface area contributed by atoms with Crippen molar-refractivity contribution >= 4 is 10.0 Å². The Bertz CT molecular complexity index is 897. The Hall–Kier alpha value is -1.89. The van der Waals surface area contributed by atoms with Crippen molar-refractivity contribution in [3.8, 4) is 5.75 Å². The van der Waals surface area contributed by atoms with Crippen LogP contribution in [0.25, 0.3) is 0 Å². The van der Waals surface area contributed by atoms with E-state index in [1.54, 1.807) is 18.2 Å². The van der Waals surface area contributed by atoms with Gasteiger partial charge in [0.05, 0.1) is 6.04 Å². The van der Waals surface area contributed by atoms with Crippen molar-refractivity contribution in [3.63, 3.8) is 0 Å². The van der Waals surface area contributed by atoms with Crippen LogP contribution < -0.4 is 9.46 Å². The molecule has 26 heavy (non-hydrogen) atoms. The molecule has 2 aliphatic rings. The van der Waals surface area contributed by atoms with Crippen LogP contribution in [0.5, 0.6) is 5.75 Å². The Kier molecular flexibility index (Phi) is 4.73. The number of likely N-dealkylation sites (tertiary alicyclic amines) is 1. The Balaban J connectivity index is 1.53. The van der Waals surface area contributed by atoms with Gasteiger partial charge in [0.25, 0.3) is 0 Å². The van der Waals surface area contributed by atoms with Gasteiger partial charge < -0.3 is 4.74 Å². The molecular weight excluding hydrogens is 348 g/mol. The van der Waals surface area contributed by atoms with Crippen molar-refractivity contribution in [2.75, 3.05) is 13.1 Å². The quantitative estimate of drug-likeness (QED) is 0.881. The lowest BCUT2D eigenvalue weighted by atomic mass is 10.1. The smallest absolute Gasteiger partial charge is 0.244 e. The van der Waals surface area contributed by atoms with Crippen LogP contribution in [0, 0.1) is 6.92 Å². The molecule has 6 heteroatoms. The zero-order valence-electron chi connectivity index (χ0n) is 14.9. The maximum atomic E-state index is 12.7. The first kappa shape index (κ1) is 17.5. The summed E-state index contributed by atoms with van der Waals surface area (Å²) in [7, 11) is -3.54. The molecule has 0 unspecified atom stereocenters. The minimum atomic E-state index is -3.54. The number of nitrogens with one attached hydrogen (secondary N) is 1. The lowest BCUT2D eigenvalue weighted by Crippen LogP contribution is -2.43. The van der Waals surface area contributed by atoms with Gasteiger partial charge in [0.2, 0.25) is 10.0 Å². The number of nitrogens with zero attached hydrogens (tertiary/aromatic N) is 1. The molecule has 1 N–H and O–H groups in total. The Morgan fingerprint density at radius 2 is 1.81 bits per heavy atom. The van der Waals surface area contributed by atoms with Gasteiger partial charge in [0.1, 0.15) is 16.7 Å². The SMILES string of the molecule is Cc1ccccc1CN1CC[C@@H]2NS(=O)(=O)c3ccccc3O[C@H]2CC1. The Morgan fingerprint density at radius 3 is 2.65 bits per heavy atom. The van der Waals surface area contributed by atoms with Gasteiger partial charge in [-0.2, -0.15) is 0 Å². The number of para-hydroxylation sites is 1. The molecule has 0 aromatic heterocycles. The van der Waals surface area contributed by atoms with E-state index < -0.39 is 10.0 Å². The molecule has 2 atom stereocenters. The number of ether oxygens (including phenoxy) is 1. The minimum Gasteiger partial charge on any atom is -0.487 e. The number of aryl methyl sites for hydroxylation is 1. The van der Waals surface area contributed by atoms with Crippen LogP contribution in [0.3, 0.4) is 0 Å². The minimum absolute atomic E-state index is 0.143. The molecule has 1 saturated heterocycles. The summed E-state index contributed by atoms with van der Waals surface area (Å²) in [6.07, 6.45) is 1.40. The van der Waals surface area contributed by atoms with Crippen LogP contribution in [0.2, 0.25) is 0 Å². The van der Waals surface area contributed by atoms with Crippen LogP contribution in [-0.4, -0.2) is 38.6 Å². The highest BCUT2D eigenvalue weighted by molar-refractivity contribution is 7.89. The van der Waals surface area contributed by atoms with E-state index in [0.717, 1.165) is 32.5 Å². The summed E-state index contributed by atoms with van der Waals surface area (Å²) in [5, 5.41) is 0. The summed E-state index contributed by atoms with van der Waals surface area (Å²) in [4.78, 5) is 2.63. The van der Waals surface area contributed by atoms with Gasteiger partial charge in [0.15, 0.2) is 0 Å². The van der Waals surface area contributed by atoms with Crippen LogP contribution in [0.15, 0.2) is 53.4 Å². The van der Waals surface area contributed by atoms with Gasteiger partial charge in [-0.05, 0) is 43.0 Å². The number of rotatable bonds is 2. The second-order valence-electron chi connectivity index (χ2n) is 7.11. The maximum absolute atomic E-state index is 12.7. The number of hydrogen-bond acceptors (Lipinski definition) is 4. The predicted octanol–water partition coefficient (Wildman–Crippen LogP) is 2.70. The summed E-state index contributed by atoms with van der Waals surface area (Å²) in [5.41, 5.74) is 2.61. The Labute approximate surface area is 155 Å². The average Bonchev–Trinajstić information content (AvgIpc) is 2.86. The molecule has 2 heterocycles. The fraction of sp³-hybridized carbons (Fsp3) is 0.400. The van der Waals surface area contributed by atoms with E-state index in [0.29, 0.717) is 5.75 Å². The molecule has 4 rings (SSSR count). The van der Waals surface area contributed by atoms with Crippen molar-refractivity contribution in [1.29, 1.82) is 0 Å². The summed E-state index contributed by atoms with van der Waals surface area (Å²) < 4.78 is 34.3. The third-order valence-electron chi connectivity index (χ3n) is 5.31. The molecule has 2 aromatic carbocycles. The molecule has 5 nitrogen and oxygen atoms in total. The first-order valence-corrected chi connectivity index (χ1v) is 10.6. The van der Waals surface area contributed by atoms with E-state index in [9.17, 15) is 8.42 Å². The second kappa shape index (κ2) is 7.02. The lowest BCUT2D eigenvalue weighted by Gasteiger charge is -2.22.